The Hall–Kier alpha value is -1.36. The van der Waals surface area contributed by atoms with E-state index in [9.17, 15) is 4.79 Å². The van der Waals surface area contributed by atoms with E-state index in [0.29, 0.717) is 13.2 Å². The van der Waals surface area contributed by atoms with Crippen LogP contribution in [0.3, 0.4) is 0 Å². The molecule has 1 aromatic rings. The molecule has 17 heavy (non-hydrogen) atoms. The predicted octanol–water partition coefficient (Wildman–Crippen LogP) is 1.51. The Morgan fingerprint density at radius 3 is 2.88 bits per heavy atom. The van der Waals surface area contributed by atoms with E-state index < -0.39 is 6.04 Å². The molecule has 0 aliphatic carbocycles. The van der Waals surface area contributed by atoms with E-state index in [0.717, 1.165) is 18.5 Å². The zero-order chi connectivity index (χ0) is 12.7. The third kappa shape index (κ3) is 3.85. The molecular weight excluding hydrogens is 218 g/mol. The van der Waals surface area contributed by atoms with Gasteiger partial charge in [0, 0.05) is 18.3 Å². The van der Waals surface area contributed by atoms with Crippen molar-refractivity contribution in [1.29, 1.82) is 0 Å². The number of hydrogen-bond acceptors (Lipinski definition) is 4. The minimum absolute atomic E-state index is 0.245. The molecule has 0 fully saturated rings. The molecule has 0 aliphatic rings. The summed E-state index contributed by atoms with van der Waals surface area (Å²) in [5.74, 6) is -0.245. The van der Waals surface area contributed by atoms with Gasteiger partial charge in [0.1, 0.15) is 6.04 Å². The highest BCUT2D eigenvalue weighted by Crippen LogP contribution is 2.14. The van der Waals surface area contributed by atoms with Gasteiger partial charge in [-0.25, -0.2) is 4.79 Å². The summed E-state index contributed by atoms with van der Waals surface area (Å²) in [7, 11) is 0. The number of carbonyl (C=O) groups is 1. The topological polar surface area (TPSA) is 56.2 Å². The lowest BCUT2D eigenvalue weighted by molar-refractivity contribution is -0.145. The normalized spacial score (nSPS) is 12.4. The monoisotopic (exact) mass is 239 g/mol. The number of aryl methyl sites for hydroxylation is 1. The van der Waals surface area contributed by atoms with Gasteiger partial charge in [0.05, 0.1) is 12.8 Å². The molecule has 0 bridgehead atoms. The van der Waals surface area contributed by atoms with Crippen LogP contribution in [0.5, 0.6) is 0 Å². The first-order chi connectivity index (χ1) is 8.22. The molecule has 1 atom stereocenters. The van der Waals surface area contributed by atoms with Gasteiger partial charge in [0.25, 0.3) is 0 Å². The van der Waals surface area contributed by atoms with Crippen molar-refractivity contribution in [2.45, 2.75) is 39.8 Å². The number of ether oxygens (including phenoxy) is 1. The first-order valence-electron chi connectivity index (χ1n) is 6.15. The molecule has 5 heteroatoms. The second kappa shape index (κ2) is 7.06. The number of aromatic nitrogens is 2. The molecule has 0 aromatic carbocycles. The average molecular weight is 239 g/mol. The van der Waals surface area contributed by atoms with Gasteiger partial charge >= 0.3 is 5.97 Å². The molecule has 1 rings (SSSR count). The second-order valence-corrected chi connectivity index (χ2v) is 3.78. The van der Waals surface area contributed by atoms with Gasteiger partial charge in [0.2, 0.25) is 0 Å². The van der Waals surface area contributed by atoms with Crippen LogP contribution in [0.2, 0.25) is 0 Å². The lowest BCUT2D eigenvalue weighted by Crippen LogP contribution is -2.29. The Morgan fingerprint density at radius 1 is 1.53 bits per heavy atom. The number of hydrogen-bond donors (Lipinski definition) is 1. The predicted molar refractivity (Wildman–Crippen MR) is 65.6 cm³/mol. The summed E-state index contributed by atoms with van der Waals surface area (Å²) in [5, 5.41) is 7.33. The SMILES string of the molecule is CCCn1cc(C(NCC)C(=O)OCC)cn1. The minimum atomic E-state index is -0.412. The van der Waals surface area contributed by atoms with E-state index in [1.165, 1.54) is 0 Å². The number of nitrogens with one attached hydrogen (secondary N) is 1. The van der Waals surface area contributed by atoms with Crippen molar-refractivity contribution in [3.8, 4) is 0 Å². The highest BCUT2D eigenvalue weighted by molar-refractivity contribution is 5.77. The minimum Gasteiger partial charge on any atom is -0.465 e. The molecule has 0 aliphatic heterocycles. The van der Waals surface area contributed by atoms with E-state index in [2.05, 4.69) is 17.3 Å². The first kappa shape index (κ1) is 13.7. The number of carbonyl (C=O) groups excluding carboxylic acids is 1. The van der Waals surface area contributed by atoms with Gasteiger partial charge < -0.3 is 10.1 Å². The van der Waals surface area contributed by atoms with Crippen molar-refractivity contribution in [3.05, 3.63) is 18.0 Å². The summed E-state index contributed by atoms with van der Waals surface area (Å²) in [6.45, 7) is 7.83. The molecule has 1 N–H and O–H groups in total. The van der Waals surface area contributed by atoms with Crippen molar-refractivity contribution >= 4 is 5.97 Å². The molecule has 0 saturated carbocycles. The van der Waals surface area contributed by atoms with Crippen molar-refractivity contribution in [2.24, 2.45) is 0 Å². The van der Waals surface area contributed by atoms with Crippen LogP contribution >= 0.6 is 0 Å². The smallest absolute Gasteiger partial charge is 0.327 e. The zero-order valence-corrected chi connectivity index (χ0v) is 10.8. The Bertz CT molecular complexity index is 349. The van der Waals surface area contributed by atoms with Gasteiger partial charge in [-0.3, -0.25) is 4.68 Å². The van der Waals surface area contributed by atoms with E-state index in [-0.39, 0.29) is 5.97 Å². The van der Waals surface area contributed by atoms with Crippen LogP contribution in [0.4, 0.5) is 0 Å². The van der Waals surface area contributed by atoms with Crippen molar-refractivity contribution < 1.29 is 9.53 Å². The highest BCUT2D eigenvalue weighted by atomic mass is 16.5. The number of esters is 1. The standard InChI is InChI=1S/C12H21N3O2/c1-4-7-15-9-10(8-14-15)11(13-5-2)12(16)17-6-3/h8-9,11,13H,4-7H2,1-3H3. The summed E-state index contributed by atoms with van der Waals surface area (Å²) < 4.78 is 6.89. The number of nitrogens with zero attached hydrogens (tertiary/aromatic N) is 2. The summed E-state index contributed by atoms with van der Waals surface area (Å²) in [6, 6.07) is -0.412. The number of likely N-dealkylation sites (N-methyl/N-ethyl adjacent to an activating group) is 1. The second-order valence-electron chi connectivity index (χ2n) is 3.78. The molecule has 1 aromatic heterocycles. The molecule has 1 heterocycles. The fourth-order valence-electron chi connectivity index (χ4n) is 1.65. The quantitative estimate of drug-likeness (QED) is 0.733. The lowest BCUT2D eigenvalue weighted by Gasteiger charge is -2.14. The zero-order valence-electron chi connectivity index (χ0n) is 10.8. The van der Waals surface area contributed by atoms with Crippen molar-refractivity contribution in [2.75, 3.05) is 13.2 Å². The number of rotatable bonds is 7. The van der Waals surface area contributed by atoms with Gasteiger partial charge in [-0.05, 0) is 19.9 Å². The summed E-state index contributed by atoms with van der Waals surface area (Å²) in [6.07, 6.45) is 4.64. The van der Waals surface area contributed by atoms with Crippen LogP contribution in [-0.4, -0.2) is 28.9 Å². The Labute approximate surface area is 102 Å². The summed E-state index contributed by atoms with van der Waals surface area (Å²) in [4.78, 5) is 11.8. The maximum Gasteiger partial charge on any atom is 0.327 e. The maximum atomic E-state index is 11.8. The van der Waals surface area contributed by atoms with Crippen molar-refractivity contribution in [1.82, 2.24) is 15.1 Å². The molecule has 0 amide bonds. The summed E-state index contributed by atoms with van der Waals surface area (Å²) in [5.41, 5.74) is 0.860. The lowest BCUT2D eigenvalue weighted by atomic mass is 10.1. The van der Waals surface area contributed by atoms with Crippen LogP contribution in [0.1, 0.15) is 38.8 Å². The van der Waals surface area contributed by atoms with E-state index in [1.54, 1.807) is 13.1 Å². The van der Waals surface area contributed by atoms with Crippen LogP contribution in [0.25, 0.3) is 0 Å². The van der Waals surface area contributed by atoms with E-state index in [4.69, 9.17) is 4.74 Å². The average Bonchev–Trinajstić information content (AvgIpc) is 2.75. The highest BCUT2D eigenvalue weighted by Gasteiger charge is 2.22. The largest absolute Gasteiger partial charge is 0.465 e. The van der Waals surface area contributed by atoms with E-state index in [1.807, 2.05) is 17.8 Å². The molecular formula is C12H21N3O2. The Balaban J connectivity index is 2.77. The van der Waals surface area contributed by atoms with Gasteiger partial charge in [-0.2, -0.15) is 5.10 Å². The van der Waals surface area contributed by atoms with Crippen LogP contribution in [-0.2, 0) is 16.1 Å². The Morgan fingerprint density at radius 2 is 2.29 bits per heavy atom. The van der Waals surface area contributed by atoms with Gasteiger partial charge in [-0.1, -0.05) is 13.8 Å². The molecule has 5 nitrogen and oxygen atoms in total. The van der Waals surface area contributed by atoms with Crippen LogP contribution < -0.4 is 5.32 Å². The molecule has 0 spiro atoms. The first-order valence-corrected chi connectivity index (χ1v) is 6.15. The fourth-order valence-corrected chi connectivity index (χ4v) is 1.65. The van der Waals surface area contributed by atoms with Crippen molar-refractivity contribution in [3.63, 3.8) is 0 Å². The van der Waals surface area contributed by atoms with Gasteiger partial charge in [0.15, 0.2) is 0 Å². The third-order valence-corrected chi connectivity index (χ3v) is 2.37. The van der Waals surface area contributed by atoms with E-state index >= 15 is 0 Å². The molecule has 96 valence electrons. The van der Waals surface area contributed by atoms with Crippen LogP contribution in [0, 0.1) is 0 Å². The van der Waals surface area contributed by atoms with Gasteiger partial charge in [-0.15, -0.1) is 0 Å². The van der Waals surface area contributed by atoms with Crippen LogP contribution in [0.15, 0.2) is 12.4 Å². The fraction of sp³-hybridized carbons (Fsp3) is 0.667. The molecule has 0 radical (unpaired) electrons. The maximum absolute atomic E-state index is 11.8. The Kier molecular flexibility index (Phi) is 5.69. The molecule has 0 saturated heterocycles. The third-order valence-electron chi connectivity index (χ3n) is 2.37. The molecule has 1 unspecified atom stereocenters. The summed E-state index contributed by atoms with van der Waals surface area (Å²) >= 11 is 0.